The molecule has 0 atom stereocenters. The molecule has 1 aromatic carbocycles. The van der Waals surface area contributed by atoms with E-state index < -0.39 is 5.97 Å². The lowest BCUT2D eigenvalue weighted by Crippen LogP contribution is -2.13. The Kier molecular flexibility index (Phi) is 5.89. The first-order chi connectivity index (χ1) is 14.1. The summed E-state index contributed by atoms with van der Waals surface area (Å²) in [6.07, 6.45) is 2.80. The van der Waals surface area contributed by atoms with Gasteiger partial charge in [-0.3, -0.25) is 4.79 Å². The van der Waals surface area contributed by atoms with Crippen molar-refractivity contribution in [3.8, 4) is 5.75 Å². The van der Waals surface area contributed by atoms with Crippen LogP contribution in [0.25, 0.3) is 0 Å². The Hall–Kier alpha value is -2.35. The van der Waals surface area contributed by atoms with Crippen LogP contribution in [0.4, 0.5) is 5.00 Å². The number of ether oxygens (including phenoxy) is 2. The lowest BCUT2D eigenvalue weighted by atomic mass is 10.1. The molecule has 0 unspecified atom stereocenters. The SMILES string of the molecule is COC(=O)c1c(NC(=O)c2cc(COc3ccccc3Cl)cs2)sc2c1CCC2. The third-order valence-electron chi connectivity index (χ3n) is 4.65. The van der Waals surface area contributed by atoms with Crippen LogP contribution in [0.5, 0.6) is 5.75 Å². The Bertz CT molecular complexity index is 1070. The second kappa shape index (κ2) is 8.57. The van der Waals surface area contributed by atoms with E-state index in [9.17, 15) is 9.59 Å². The van der Waals surface area contributed by atoms with E-state index in [4.69, 9.17) is 21.1 Å². The molecular weight excluding hydrogens is 430 g/mol. The van der Waals surface area contributed by atoms with Crippen LogP contribution in [0, 0.1) is 0 Å². The number of carbonyl (C=O) groups is 2. The molecular formula is C21H18ClNO4S2. The third kappa shape index (κ3) is 4.17. The molecule has 0 radical (unpaired) electrons. The van der Waals surface area contributed by atoms with Crippen molar-refractivity contribution in [3.05, 3.63) is 67.2 Å². The van der Waals surface area contributed by atoms with E-state index >= 15 is 0 Å². The minimum absolute atomic E-state index is 0.246. The largest absolute Gasteiger partial charge is 0.487 e. The number of aryl methyl sites for hydroxylation is 1. The molecule has 0 bridgehead atoms. The molecule has 0 saturated carbocycles. The number of anilines is 1. The van der Waals surface area contributed by atoms with Crippen LogP contribution in [-0.2, 0) is 24.2 Å². The van der Waals surface area contributed by atoms with E-state index in [1.807, 2.05) is 17.5 Å². The molecule has 2 aromatic heterocycles. The smallest absolute Gasteiger partial charge is 0.341 e. The molecule has 29 heavy (non-hydrogen) atoms. The van der Waals surface area contributed by atoms with Crippen LogP contribution in [0.3, 0.4) is 0 Å². The van der Waals surface area contributed by atoms with Crippen molar-refractivity contribution in [2.45, 2.75) is 25.9 Å². The minimum atomic E-state index is -0.403. The first-order valence-electron chi connectivity index (χ1n) is 9.05. The van der Waals surface area contributed by atoms with Crippen molar-refractivity contribution >= 4 is 51.2 Å². The first kappa shape index (κ1) is 19.9. The van der Waals surface area contributed by atoms with Gasteiger partial charge >= 0.3 is 5.97 Å². The number of rotatable bonds is 6. The normalized spacial score (nSPS) is 12.5. The molecule has 4 rings (SSSR count). The monoisotopic (exact) mass is 447 g/mol. The van der Waals surface area contributed by atoms with Gasteiger partial charge in [0.15, 0.2) is 0 Å². The number of carbonyl (C=O) groups excluding carboxylic acids is 2. The van der Waals surface area contributed by atoms with Crippen molar-refractivity contribution in [1.82, 2.24) is 0 Å². The second-order valence-corrected chi connectivity index (χ2v) is 8.97. The minimum Gasteiger partial charge on any atom is -0.487 e. The van der Waals surface area contributed by atoms with E-state index in [0.29, 0.717) is 32.8 Å². The number of fused-ring (bicyclic) bond motifs is 1. The van der Waals surface area contributed by atoms with Gasteiger partial charge in [0.1, 0.15) is 17.4 Å². The van der Waals surface area contributed by atoms with Crippen LogP contribution >= 0.6 is 34.3 Å². The fourth-order valence-corrected chi connectivity index (χ4v) is 5.52. The average molecular weight is 448 g/mol. The summed E-state index contributed by atoms with van der Waals surface area (Å²) in [4.78, 5) is 26.7. The summed E-state index contributed by atoms with van der Waals surface area (Å²) >= 11 is 8.89. The quantitative estimate of drug-likeness (QED) is 0.502. The van der Waals surface area contributed by atoms with Gasteiger partial charge < -0.3 is 14.8 Å². The fourth-order valence-electron chi connectivity index (χ4n) is 3.27. The number of halogens is 1. The Morgan fingerprint density at radius 3 is 2.86 bits per heavy atom. The highest BCUT2D eigenvalue weighted by Gasteiger charge is 2.28. The van der Waals surface area contributed by atoms with Gasteiger partial charge in [-0.2, -0.15) is 0 Å². The number of hydrogen-bond acceptors (Lipinski definition) is 6. The highest BCUT2D eigenvalue weighted by molar-refractivity contribution is 7.17. The van der Waals surface area contributed by atoms with E-state index in [1.54, 1.807) is 18.2 Å². The fraction of sp³-hybridized carbons (Fsp3) is 0.238. The first-order valence-corrected chi connectivity index (χ1v) is 11.1. The average Bonchev–Trinajstić information content (AvgIpc) is 3.43. The summed E-state index contributed by atoms with van der Waals surface area (Å²) in [5.41, 5.74) is 2.39. The zero-order valence-corrected chi connectivity index (χ0v) is 18.0. The van der Waals surface area contributed by atoms with Crippen molar-refractivity contribution in [3.63, 3.8) is 0 Å². The molecule has 0 spiro atoms. The number of amides is 1. The molecule has 0 saturated heterocycles. The van der Waals surface area contributed by atoms with Gasteiger partial charge in [-0.1, -0.05) is 23.7 Å². The molecule has 0 fully saturated rings. The maximum atomic E-state index is 12.7. The molecule has 3 aromatic rings. The Balaban J connectivity index is 1.46. The zero-order valence-electron chi connectivity index (χ0n) is 15.6. The van der Waals surface area contributed by atoms with Crippen LogP contribution in [0.15, 0.2) is 35.7 Å². The maximum absolute atomic E-state index is 12.7. The van der Waals surface area contributed by atoms with Crippen LogP contribution < -0.4 is 10.1 Å². The molecule has 0 aliphatic heterocycles. The van der Waals surface area contributed by atoms with Gasteiger partial charge in [0, 0.05) is 10.4 Å². The molecule has 1 amide bonds. The van der Waals surface area contributed by atoms with Gasteiger partial charge in [-0.25, -0.2) is 4.79 Å². The van der Waals surface area contributed by atoms with Crippen molar-refractivity contribution in [2.24, 2.45) is 0 Å². The topological polar surface area (TPSA) is 64.6 Å². The summed E-state index contributed by atoms with van der Waals surface area (Å²) in [5.74, 6) is -0.0500. The molecule has 5 nitrogen and oxygen atoms in total. The highest BCUT2D eigenvalue weighted by atomic mass is 35.5. The summed E-state index contributed by atoms with van der Waals surface area (Å²) < 4.78 is 10.7. The Labute approximate surface area is 181 Å². The summed E-state index contributed by atoms with van der Waals surface area (Å²) in [5, 5.41) is 5.88. The Morgan fingerprint density at radius 1 is 1.24 bits per heavy atom. The number of hydrogen-bond donors (Lipinski definition) is 1. The Morgan fingerprint density at radius 2 is 2.07 bits per heavy atom. The zero-order chi connectivity index (χ0) is 20.4. The number of benzene rings is 1. The highest BCUT2D eigenvalue weighted by Crippen LogP contribution is 2.39. The number of para-hydroxylation sites is 1. The van der Waals surface area contributed by atoms with Crippen LogP contribution in [0.2, 0.25) is 5.02 Å². The molecule has 8 heteroatoms. The van der Waals surface area contributed by atoms with Gasteiger partial charge in [0.05, 0.1) is 22.6 Å². The van der Waals surface area contributed by atoms with Gasteiger partial charge in [0.2, 0.25) is 0 Å². The molecule has 1 aliphatic rings. The molecule has 1 aliphatic carbocycles. The van der Waals surface area contributed by atoms with Crippen LogP contribution in [0.1, 0.15) is 42.5 Å². The predicted molar refractivity (Wildman–Crippen MR) is 116 cm³/mol. The summed E-state index contributed by atoms with van der Waals surface area (Å²) in [6.45, 7) is 0.314. The standard InChI is InChI=1S/C21H18ClNO4S2/c1-26-21(25)18-13-5-4-8-16(13)29-20(18)23-19(24)17-9-12(11-28-17)10-27-15-7-3-2-6-14(15)22/h2-3,6-7,9,11H,4-5,8,10H2,1H3,(H,23,24). The van der Waals surface area contributed by atoms with Crippen LogP contribution in [-0.4, -0.2) is 19.0 Å². The van der Waals surface area contributed by atoms with E-state index in [1.165, 1.54) is 29.8 Å². The predicted octanol–water partition coefficient (Wildman–Crippen LogP) is 5.57. The second-order valence-electron chi connectivity index (χ2n) is 6.55. The molecule has 1 N–H and O–H groups in total. The number of methoxy groups -OCH3 is 1. The lowest BCUT2D eigenvalue weighted by Gasteiger charge is -2.06. The van der Waals surface area contributed by atoms with Crippen molar-refractivity contribution in [1.29, 1.82) is 0 Å². The number of esters is 1. The lowest BCUT2D eigenvalue weighted by molar-refractivity contribution is 0.0601. The number of thiophene rings is 2. The van der Waals surface area contributed by atoms with E-state index in [0.717, 1.165) is 35.3 Å². The van der Waals surface area contributed by atoms with Crippen molar-refractivity contribution < 1.29 is 19.1 Å². The molecule has 2 heterocycles. The summed E-state index contributed by atoms with van der Waals surface area (Å²) in [6, 6.07) is 9.04. The van der Waals surface area contributed by atoms with Crippen molar-refractivity contribution in [2.75, 3.05) is 12.4 Å². The summed E-state index contributed by atoms with van der Waals surface area (Å²) in [7, 11) is 1.36. The third-order valence-corrected chi connectivity index (χ3v) is 7.14. The van der Waals surface area contributed by atoms with E-state index in [-0.39, 0.29) is 5.91 Å². The molecule has 150 valence electrons. The van der Waals surface area contributed by atoms with Gasteiger partial charge in [-0.15, -0.1) is 22.7 Å². The van der Waals surface area contributed by atoms with Gasteiger partial charge in [0.25, 0.3) is 5.91 Å². The number of nitrogens with one attached hydrogen (secondary N) is 1. The maximum Gasteiger partial charge on any atom is 0.341 e. The van der Waals surface area contributed by atoms with Gasteiger partial charge in [-0.05, 0) is 48.4 Å². The van der Waals surface area contributed by atoms with E-state index in [2.05, 4.69) is 5.32 Å².